The second-order valence-corrected chi connectivity index (χ2v) is 5.01. The summed E-state index contributed by atoms with van der Waals surface area (Å²) in [6.07, 6.45) is 1.28. The van der Waals surface area contributed by atoms with Gasteiger partial charge in [0, 0.05) is 24.7 Å². The number of amides is 1. The second-order valence-electron chi connectivity index (χ2n) is 4.60. The zero-order valence-electron chi connectivity index (χ0n) is 11.0. The molecule has 1 aromatic rings. The maximum absolute atomic E-state index is 11.7. The highest BCUT2D eigenvalue weighted by Gasteiger charge is 2.22. The van der Waals surface area contributed by atoms with Crippen LogP contribution >= 0.6 is 11.6 Å². The van der Waals surface area contributed by atoms with Crippen molar-refractivity contribution >= 4 is 34.9 Å². The van der Waals surface area contributed by atoms with E-state index in [2.05, 4.69) is 10.6 Å². The highest BCUT2D eigenvalue weighted by Crippen LogP contribution is 2.30. The highest BCUT2D eigenvalue weighted by molar-refractivity contribution is 6.34. The van der Waals surface area contributed by atoms with Gasteiger partial charge in [-0.25, -0.2) is 4.79 Å². The van der Waals surface area contributed by atoms with Gasteiger partial charge in [0.25, 0.3) is 0 Å². The molecule has 0 saturated carbocycles. The SMILES string of the molecule is COC(=O)c1cc(N)cc(Cl)c1NCC1CCC(=O)N1. The Bertz CT molecular complexity index is 548. The highest BCUT2D eigenvalue weighted by atomic mass is 35.5. The Morgan fingerprint density at radius 1 is 1.60 bits per heavy atom. The number of hydrogen-bond acceptors (Lipinski definition) is 5. The van der Waals surface area contributed by atoms with E-state index in [0.717, 1.165) is 6.42 Å². The molecule has 0 aromatic heterocycles. The van der Waals surface area contributed by atoms with Crippen LogP contribution in [0.1, 0.15) is 23.2 Å². The Labute approximate surface area is 121 Å². The Morgan fingerprint density at radius 3 is 2.95 bits per heavy atom. The van der Waals surface area contributed by atoms with Gasteiger partial charge >= 0.3 is 5.97 Å². The molecule has 1 saturated heterocycles. The number of nitrogen functional groups attached to an aromatic ring is 1. The van der Waals surface area contributed by atoms with Crippen molar-refractivity contribution in [3.63, 3.8) is 0 Å². The van der Waals surface area contributed by atoms with Gasteiger partial charge in [0.1, 0.15) is 0 Å². The fourth-order valence-electron chi connectivity index (χ4n) is 2.13. The van der Waals surface area contributed by atoms with E-state index in [0.29, 0.717) is 29.4 Å². The molecule has 1 aliphatic heterocycles. The van der Waals surface area contributed by atoms with Crippen LogP contribution in [0.2, 0.25) is 5.02 Å². The van der Waals surface area contributed by atoms with Crippen molar-refractivity contribution in [3.05, 3.63) is 22.7 Å². The molecule has 1 aliphatic rings. The Hall–Kier alpha value is -1.95. The number of methoxy groups -OCH3 is 1. The monoisotopic (exact) mass is 297 g/mol. The van der Waals surface area contributed by atoms with E-state index in [1.54, 1.807) is 6.07 Å². The lowest BCUT2D eigenvalue weighted by Gasteiger charge is -2.16. The van der Waals surface area contributed by atoms with Crippen LogP contribution in [0.3, 0.4) is 0 Å². The summed E-state index contributed by atoms with van der Waals surface area (Å²) in [5, 5.41) is 6.26. The predicted molar refractivity (Wildman–Crippen MR) is 76.9 cm³/mol. The summed E-state index contributed by atoms with van der Waals surface area (Å²) in [4.78, 5) is 22.9. The second kappa shape index (κ2) is 6.00. The van der Waals surface area contributed by atoms with Gasteiger partial charge in [0.15, 0.2) is 0 Å². The molecular formula is C13H16ClN3O3. The van der Waals surface area contributed by atoms with Gasteiger partial charge in [0.05, 0.1) is 23.4 Å². The van der Waals surface area contributed by atoms with Crippen molar-refractivity contribution in [2.75, 3.05) is 24.7 Å². The van der Waals surface area contributed by atoms with E-state index in [1.165, 1.54) is 13.2 Å². The van der Waals surface area contributed by atoms with Crippen LogP contribution in [0.4, 0.5) is 11.4 Å². The van der Waals surface area contributed by atoms with E-state index in [9.17, 15) is 9.59 Å². The van der Waals surface area contributed by atoms with Crippen LogP contribution in [0, 0.1) is 0 Å². The number of hydrogen-bond donors (Lipinski definition) is 3. The van der Waals surface area contributed by atoms with Crippen molar-refractivity contribution in [2.24, 2.45) is 0 Å². The number of halogens is 1. The number of ether oxygens (including phenoxy) is 1. The lowest BCUT2D eigenvalue weighted by molar-refractivity contribution is -0.119. The summed E-state index contributed by atoms with van der Waals surface area (Å²) in [6, 6.07) is 3.10. The molecule has 1 amide bonds. The molecule has 0 radical (unpaired) electrons. The third-order valence-corrected chi connectivity index (χ3v) is 3.43. The van der Waals surface area contributed by atoms with Crippen molar-refractivity contribution in [3.8, 4) is 0 Å². The first-order chi connectivity index (χ1) is 9.51. The number of esters is 1. The summed E-state index contributed by atoms with van der Waals surface area (Å²) in [7, 11) is 1.29. The van der Waals surface area contributed by atoms with Gasteiger partial charge in [-0.15, -0.1) is 0 Å². The molecule has 20 heavy (non-hydrogen) atoms. The minimum absolute atomic E-state index is 0.0293. The van der Waals surface area contributed by atoms with Gasteiger partial charge < -0.3 is 21.1 Å². The number of nitrogens with one attached hydrogen (secondary N) is 2. The normalized spacial score (nSPS) is 17.7. The third-order valence-electron chi connectivity index (χ3n) is 3.13. The first-order valence-electron chi connectivity index (χ1n) is 6.22. The zero-order valence-corrected chi connectivity index (χ0v) is 11.8. The molecule has 1 heterocycles. The van der Waals surface area contributed by atoms with Crippen LogP contribution in [-0.4, -0.2) is 31.6 Å². The fraction of sp³-hybridized carbons (Fsp3) is 0.385. The van der Waals surface area contributed by atoms with Crippen LogP contribution in [0.5, 0.6) is 0 Å². The van der Waals surface area contributed by atoms with E-state index >= 15 is 0 Å². The minimum Gasteiger partial charge on any atom is -0.465 e. The molecule has 6 nitrogen and oxygen atoms in total. The molecule has 1 fully saturated rings. The largest absolute Gasteiger partial charge is 0.465 e. The van der Waals surface area contributed by atoms with Crippen LogP contribution < -0.4 is 16.4 Å². The van der Waals surface area contributed by atoms with E-state index in [-0.39, 0.29) is 17.5 Å². The third kappa shape index (κ3) is 3.14. The van der Waals surface area contributed by atoms with E-state index in [4.69, 9.17) is 22.1 Å². The molecule has 4 N–H and O–H groups in total. The van der Waals surface area contributed by atoms with Crippen LogP contribution in [-0.2, 0) is 9.53 Å². The smallest absolute Gasteiger partial charge is 0.340 e. The molecule has 0 spiro atoms. The lowest BCUT2D eigenvalue weighted by atomic mass is 10.1. The van der Waals surface area contributed by atoms with Crippen molar-refractivity contribution in [1.29, 1.82) is 0 Å². The standard InChI is InChI=1S/C13H16ClN3O3/c1-20-13(19)9-4-7(15)5-10(14)12(9)16-6-8-2-3-11(18)17-8/h4-5,8,16H,2-3,6,15H2,1H3,(H,17,18). The fourth-order valence-corrected chi connectivity index (χ4v) is 2.43. The number of nitrogens with two attached hydrogens (primary N) is 1. The summed E-state index contributed by atoms with van der Waals surface area (Å²) in [5.41, 5.74) is 6.81. The van der Waals surface area contributed by atoms with Crippen LogP contribution in [0.15, 0.2) is 12.1 Å². The average molecular weight is 298 g/mol. The summed E-state index contributed by atoms with van der Waals surface area (Å²) < 4.78 is 4.71. The first kappa shape index (κ1) is 14.5. The molecule has 1 aromatic carbocycles. The molecule has 7 heteroatoms. The van der Waals surface area contributed by atoms with Gasteiger partial charge in [-0.1, -0.05) is 11.6 Å². The molecule has 1 atom stereocenters. The lowest BCUT2D eigenvalue weighted by Crippen LogP contribution is -2.32. The minimum atomic E-state index is -0.517. The molecule has 1 unspecified atom stereocenters. The number of benzene rings is 1. The van der Waals surface area contributed by atoms with E-state index < -0.39 is 5.97 Å². The first-order valence-corrected chi connectivity index (χ1v) is 6.59. The maximum atomic E-state index is 11.7. The topological polar surface area (TPSA) is 93.4 Å². The summed E-state index contributed by atoms with van der Waals surface area (Å²) in [6.45, 7) is 0.485. The molecule has 2 rings (SSSR count). The van der Waals surface area contributed by atoms with Crippen molar-refractivity contribution in [1.82, 2.24) is 5.32 Å². The van der Waals surface area contributed by atoms with Gasteiger partial charge in [-0.2, -0.15) is 0 Å². The average Bonchev–Trinajstić information content (AvgIpc) is 2.81. The molecular weight excluding hydrogens is 282 g/mol. The molecule has 0 bridgehead atoms. The van der Waals surface area contributed by atoms with Crippen LogP contribution in [0.25, 0.3) is 0 Å². The van der Waals surface area contributed by atoms with Crippen molar-refractivity contribution < 1.29 is 14.3 Å². The van der Waals surface area contributed by atoms with Gasteiger partial charge in [-0.05, 0) is 18.6 Å². The quantitative estimate of drug-likeness (QED) is 0.577. The number of anilines is 2. The van der Waals surface area contributed by atoms with Gasteiger partial charge in [0.2, 0.25) is 5.91 Å². The van der Waals surface area contributed by atoms with E-state index in [1.807, 2.05) is 0 Å². The zero-order chi connectivity index (χ0) is 14.7. The Morgan fingerprint density at radius 2 is 2.35 bits per heavy atom. The maximum Gasteiger partial charge on any atom is 0.340 e. The summed E-state index contributed by atoms with van der Waals surface area (Å²) >= 11 is 6.11. The summed E-state index contributed by atoms with van der Waals surface area (Å²) in [5.74, 6) is -0.481. The molecule has 108 valence electrons. The van der Waals surface area contributed by atoms with Gasteiger partial charge in [-0.3, -0.25) is 4.79 Å². The predicted octanol–water partition coefficient (Wildman–Crippen LogP) is 1.40. The van der Waals surface area contributed by atoms with Crippen molar-refractivity contribution in [2.45, 2.75) is 18.9 Å². The number of carbonyl (C=O) groups is 2. The number of carbonyl (C=O) groups excluding carboxylic acids is 2. The Kier molecular flexibility index (Phi) is 4.34. The molecule has 0 aliphatic carbocycles. The Balaban J connectivity index is 2.17. The number of rotatable bonds is 4.